The second-order valence-corrected chi connectivity index (χ2v) is 10.9. The number of carbonyl (C=O) groups excluding carboxylic acids is 1. The average Bonchev–Trinajstić information content (AvgIpc) is 3.23. The number of nitrogens with zero attached hydrogens (tertiary/aromatic N) is 2. The Morgan fingerprint density at radius 3 is 2.66 bits per heavy atom. The molecule has 1 amide bonds. The van der Waals surface area contributed by atoms with Gasteiger partial charge in [0, 0.05) is 19.0 Å². The van der Waals surface area contributed by atoms with E-state index in [1.165, 1.54) is 10.4 Å². The van der Waals surface area contributed by atoms with Gasteiger partial charge in [-0.1, -0.05) is 11.8 Å². The van der Waals surface area contributed by atoms with Crippen LogP contribution in [-0.2, 0) is 25.0 Å². The molecule has 2 saturated heterocycles. The molecule has 2 heterocycles. The van der Waals surface area contributed by atoms with Gasteiger partial charge in [0.2, 0.25) is 10.0 Å². The van der Waals surface area contributed by atoms with Crippen LogP contribution in [0.2, 0.25) is 0 Å². The summed E-state index contributed by atoms with van der Waals surface area (Å²) in [5.74, 6) is 3.40. The number of fused-ring (bicyclic) bond motifs is 1. The van der Waals surface area contributed by atoms with Crippen LogP contribution in [0.25, 0.3) is 0 Å². The van der Waals surface area contributed by atoms with Crippen molar-refractivity contribution in [2.45, 2.75) is 6.42 Å². The lowest BCUT2D eigenvalue weighted by molar-refractivity contribution is -0.117. The maximum Gasteiger partial charge on any atom is 0.326 e. The normalized spacial score (nSPS) is 28.3. The Labute approximate surface area is 167 Å². The van der Waals surface area contributed by atoms with Crippen LogP contribution in [0.4, 0.5) is 10.1 Å². The van der Waals surface area contributed by atoms with Crippen molar-refractivity contribution in [3.8, 4) is 17.6 Å². The summed E-state index contributed by atoms with van der Waals surface area (Å²) in [6.07, 6.45) is 1.84. The maximum absolute atomic E-state index is 14.9. The van der Waals surface area contributed by atoms with Crippen molar-refractivity contribution in [1.29, 1.82) is 0 Å². The fraction of sp³-hybridized carbons (Fsp3) is 0.471. The zero-order chi connectivity index (χ0) is 21.1. The lowest BCUT2D eigenvalue weighted by Gasteiger charge is -2.23. The summed E-state index contributed by atoms with van der Waals surface area (Å²) in [5, 5.41) is 9.96. The predicted molar refractivity (Wildman–Crippen MR) is 101 cm³/mol. The molecule has 0 radical (unpaired) electrons. The molecule has 0 unspecified atom stereocenters. The maximum atomic E-state index is 14.9. The topological polar surface area (TPSA) is 124 Å². The molecule has 2 aliphatic heterocycles. The van der Waals surface area contributed by atoms with Crippen LogP contribution < -0.4 is 9.03 Å². The monoisotopic (exact) mass is 443 g/mol. The van der Waals surface area contributed by atoms with Crippen molar-refractivity contribution in [2.75, 3.05) is 30.2 Å². The number of phenolic OH excluding ortho intramolecular Hbond substituents is 1. The molecule has 9 nitrogen and oxygen atoms in total. The summed E-state index contributed by atoms with van der Waals surface area (Å²) in [4.78, 5) is 11.4. The molecule has 29 heavy (non-hydrogen) atoms. The second-order valence-electron chi connectivity index (χ2n) is 7.36. The molecule has 0 spiro atoms. The molecule has 2 N–H and O–H groups in total. The van der Waals surface area contributed by atoms with Gasteiger partial charge in [-0.2, -0.15) is 8.42 Å². The van der Waals surface area contributed by atoms with Gasteiger partial charge in [0.15, 0.2) is 5.82 Å². The number of hydrogen-bond donors (Lipinski definition) is 2. The van der Waals surface area contributed by atoms with Crippen molar-refractivity contribution in [1.82, 2.24) is 9.03 Å². The summed E-state index contributed by atoms with van der Waals surface area (Å²) in [6, 6.07) is 2.35. The molecule has 4 rings (SSSR count). The summed E-state index contributed by atoms with van der Waals surface area (Å²) in [5.41, 5.74) is -0.748. The van der Waals surface area contributed by atoms with E-state index < -0.39 is 49.9 Å². The van der Waals surface area contributed by atoms with Gasteiger partial charge >= 0.3 is 10.2 Å². The number of phenols is 1. The lowest BCUT2D eigenvalue weighted by Crippen LogP contribution is -2.36. The standard InChI is InChI=1S/C17H18FN3O6S2/c1-28(24,25)20-7-6-12-11(13(12)8-20)4-2-10-3-5-14(22)17(16(10)18)21-9-15(23)19-29(21,26)27/h3,5,11-13,22H,6-9H2,1H3,(H,19,23)/t11-,12-,13+/m1/s1. The largest absolute Gasteiger partial charge is 0.506 e. The zero-order valence-electron chi connectivity index (χ0n) is 15.3. The van der Waals surface area contributed by atoms with E-state index in [0.717, 1.165) is 12.3 Å². The van der Waals surface area contributed by atoms with E-state index in [0.29, 0.717) is 23.8 Å². The molecule has 156 valence electrons. The van der Waals surface area contributed by atoms with Crippen LogP contribution in [0.15, 0.2) is 12.1 Å². The molecule has 0 bridgehead atoms. The number of benzene rings is 1. The van der Waals surface area contributed by atoms with Crippen molar-refractivity contribution in [3.05, 3.63) is 23.5 Å². The van der Waals surface area contributed by atoms with E-state index in [-0.39, 0.29) is 23.3 Å². The highest BCUT2D eigenvalue weighted by Gasteiger charge is 2.53. The van der Waals surface area contributed by atoms with Crippen LogP contribution in [0.3, 0.4) is 0 Å². The fourth-order valence-electron chi connectivity index (χ4n) is 3.92. The van der Waals surface area contributed by atoms with E-state index >= 15 is 0 Å². The highest BCUT2D eigenvalue weighted by atomic mass is 32.2. The predicted octanol–water partition coefficient (Wildman–Crippen LogP) is -0.409. The Morgan fingerprint density at radius 2 is 2.03 bits per heavy atom. The number of rotatable bonds is 2. The van der Waals surface area contributed by atoms with Crippen LogP contribution in [0, 0.1) is 35.4 Å². The summed E-state index contributed by atoms with van der Waals surface area (Å²) >= 11 is 0. The first kappa shape index (κ1) is 19.9. The SMILES string of the molecule is CS(=O)(=O)N1CC[C@@H]2[C@@H](C#Cc3ccc(O)c(N4CC(=O)NS4(=O)=O)c3F)[C@@H]2C1. The van der Waals surface area contributed by atoms with Crippen molar-refractivity contribution >= 4 is 31.8 Å². The van der Waals surface area contributed by atoms with Gasteiger partial charge in [0.05, 0.1) is 11.8 Å². The fourth-order valence-corrected chi connectivity index (χ4v) is 5.96. The third kappa shape index (κ3) is 3.54. The van der Waals surface area contributed by atoms with E-state index in [1.807, 2.05) is 0 Å². The Kier molecular flexibility index (Phi) is 4.52. The number of anilines is 1. The van der Waals surface area contributed by atoms with Crippen LogP contribution in [0.5, 0.6) is 5.75 Å². The Morgan fingerprint density at radius 1 is 1.31 bits per heavy atom. The molecule has 1 saturated carbocycles. The number of amides is 1. The number of carbonyl (C=O) groups is 1. The first-order valence-electron chi connectivity index (χ1n) is 8.80. The molecule has 0 aromatic heterocycles. The minimum Gasteiger partial charge on any atom is -0.506 e. The molecule has 1 aromatic rings. The second kappa shape index (κ2) is 6.58. The van der Waals surface area contributed by atoms with E-state index in [4.69, 9.17) is 0 Å². The quantitative estimate of drug-likeness (QED) is 0.599. The van der Waals surface area contributed by atoms with Crippen LogP contribution in [0.1, 0.15) is 12.0 Å². The van der Waals surface area contributed by atoms with Crippen molar-refractivity contribution < 1.29 is 31.1 Å². The smallest absolute Gasteiger partial charge is 0.326 e. The van der Waals surface area contributed by atoms with E-state index in [1.54, 1.807) is 4.72 Å². The number of piperidine rings is 1. The molecular formula is C17H18FN3O6S2. The lowest BCUT2D eigenvalue weighted by atomic mass is 10.1. The zero-order valence-corrected chi connectivity index (χ0v) is 16.9. The number of hydrogen-bond acceptors (Lipinski definition) is 6. The molecule has 12 heteroatoms. The average molecular weight is 443 g/mol. The Hall–Kier alpha value is -2.36. The summed E-state index contributed by atoms with van der Waals surface area (Å²) < 4.78 is 65.8. The van der Waals surface area contributed by atoms with Gasteiger partial charge in [-0.15, -0.1) is 0 Å². The van der Waals surface area contributed by atoms with Gasteiger partial charge in [0.25, 0.3) is 5.91 Å². The Bertz CT molecular complexity index is 1170. The summed E-state index contributed by atoms with van der Waals surface area (Å²) in [7, 11) is -7.55. The summed E-state index contributed by atoms with van der Waals surface area (Å²) in [6.45, 7) is 0.174. The van der Waals surface area contributed by atoms with Crippen LogP contribution in [-0.4, -0.2) is 58.0 Å². The third-order valence-electron chi connectivity index (χ3n) is 5.46. The molecule has 1 aliphatic carbocycles. The number of sulfonamides is 1. The molecular weight excluding hydrogens is 425 g/mol. The molecule has 3 aliphatic rings. The van der Waals surface area contributed by atoms with Crippen molar-refractivity contribution in [2.24, 2.45) is 17.8 Å². The van der Waals surface area contributed by atoms with Gasteiger partial charge in [-0.25, -0.2) is 26.1 Å². The highest BCUT2D eigenvalue weighted by molar-refractivity contribution is 7.92. The van der Waals surface area contributed by atoms with Crippen molar-refractivity contribution in [3.63, 3.8) is 0 Å². The number of nitrogens with one attached hydrogen (secondary N) is 1. The third-order valence-corrected chi connectivity index (χ3v) is 8.11. The van der Waals surface area contributed by atoms with Gasteiger partial charge in [-0.05, 0) is 30.4 Å². The van der Waals surface area contributed by atoms with Crippen LogP contribution >= 0.6 is 0 Å². The highest BCUT2D eigenvalue weighted by Crippen LogP contribution is 2.51. The first-order chi connectivity index (χ1) is 13.5. The van der Waals surface area contributed by atoms with Gasteiger partial charge < -0.3 is 5.11 Å². The molecule has 1 aromatic carbocycles. The number of halogens is 1. The minimum absolute atomic E-state index is 0.0721. The van der Waals surface area contributed by atoms with Gasteiger partial charge in [-0.3, -0.25) is 4.79 Å². The number of aromatic hydroxyl groups is 1. The first-order valence-corrected chi connectivity index (χ1v) is 12.1. The van der Waals surface area contributed by atoms with E-state index in [9.17, 15) is 31.1 Å². The molecule has 3 atom stereocenters. The minimum atomic E-state index is -4.28. The van der Waals surface area contributed by atoms with E-state index in [2.05, 4.69) is 11.8 Å². The Balaban J connectivity index is 1.59. The molecule has 3 fully saturated rings. The van der Waals surface area contributed by atoms with Gasteiger partial charge in [0.1, 0.15) is 18.0 Å².